The molecule has 0 fully saturated rings. The number of hydrogen-bond donors (Lipinski definition) is 2. The molecule has 0 spiro atoms. The summed E-state index contributed by atoms with van der Waals surface area (Å²) in [5.74, 6) is -2.27. The van der Waals surface area contributed by atoms with Crippen molar-refractivity contribution in [3.8, 4) is 5.75 Å². The quantitative estimate of drug-likeness (QED) is 0.911. The van der Waals surface area contributed by atoms with Gasteiger partial charge in [0.2, 0.25) is 0 Å². The maximum atomic E-state index is 13.5. The van der Waals surface area contributed by atoms with Gasteiger partial charge in [-0.3, -0.25) is 4.98 Å². The second kappa shape index (κ2) is 6.84. The molecular formula is C15H15F2N3O2. The summed E-state index contributed by atoms with van der Waals surface area (Å²) in [6.07, 6.45) is 3.22. The largest absolute Gasteiger partial charge is 0.491 e. The van der Waals surface area contributed by atoms with Crippen LogP contribution in [0.1, 0.15) is 18.5 Å². The highest BCUT2D eigenvalue weighted by Gasteiger charge is 2.14. The molecule has 5 nitrogen and oxygen atoms in total. The second-order valence-electron chi connectivity index (χ2n) is 4.57. The Morgan fingerprint density at radius 2 is 1.82 bits per heavy atom. The third kappa shape index (κ3) is 3.69. The van der Waals surface area contributed by atoms with E-state index in [0.717, 1.165) is 24.8 Å². The Kier molecular flexibility index (Phi) is 4.88. The molecule has 1 heterocycles. The monoisotopic (exact) mass is 307 g/mol. The van der Waals surface area contributed by atoms with E-state index in [2.05, 4.69) is 20.4 Å². The number of aromatic nitrogens is 1. The number of rotatable bonds is 4. The van der Waals surface area contributed by atoms with Crippen LogP contribution in [0, 0.1) is 11.6 Å². The maximum Gasteiger partial charge on any atom is 0.319 e. The molecule has 1 aromatic heterocycles. The van der Waals surface area contributed by atoms with Crippen LogP contribution in [0.2, 0.25) is 0 Å². The fourth-order valence-corrected chi connectivity index (χ4v) is 1.93. The van der Waals surface area contributed by atoms with Crippen LogP contribution in [0.3, 0.4) is 0 Å². The van der Waals surface area contributed by atoms with Crippen LogP contribution in [-0.2, 0) is 0 Å². The van der Waals surface area contributed by atoms with Gasteiger partial charge in [-0.2, -0.15) is 0 Å². The zero-order valence-electron chi connectivity index (χ0n) is 12.1. The molecule has 1 unspecified atom stereocenters. The Balaban J connectivity index is 2.03. The molecule has 116 valence electrons. The van der Waals surface area contributed by atoms with Crippen molar-refractivity contribution in [1.29, 1.82) is 0 Å². The Morgan fingerprint density at radius 1 is 1.23 bits per heavy atom. The average molecular weight is 307 g/mol. The van der Waals surface area contributed by atoms with Crippen molar-refractivity contribution in [2.75, 3.05) is 12.4 Å². The lowest BCUT2D eigenvalue weighted by Crippen LogP contribution is -2.31. The van der Waals surface area contributed by atoms with Gasteiger partial charge >= 0.3 is 6.03 Å². The first-order valence-corrected chi connectivity index (χ1v) is 6.51. The van der Waals surface area contributed by atoms with Crippen LogP contribution in [0.5, 0.6) is 5.75 Å². The van der Waals surface area contributed by atoms with Crippen LogP contribution < -0.4 is 15.4 Å². The van der Waals surface area contributed by atoms with Crippen molar-refractivity contribution in [2.24, 2.45) is 0 Å². The van der Waals surface area contributed by atoms with Gasteiger partial charge in [0, 0.05) is 30.2 Å². The molecule has 22 heavy (non-hydrogen) atoms. The van der Waals surface area contributed by atoms with E-state index in [1.807, 2.05) is 0 Å². The second-order valence-corrected chi connectivity index (χ2v) is 4.57. The van der Waals surface area contributed by atoms with E-state index in [1.54, 1.807) is 31.5 Å². The summed E-state index contributed by atoms with van der Waals surface area (Å²) >= 11 is 0. The lowest BCUT2D eigenvalue weighted by Gasteiger charge is -2.15. The Bertz CT molecular complexity index is 642. The lowest BCUT2D eigenvalue weighted by atomic mass is 10.1. The van der Waals surface area contributed by atoms with Crippen molar-refractivity contribution in [3.05, 3.63) is 53.9 Å². The molecule has 1 aromatic carbocycles. The Morgan fingerprint density at radius 3 is 2.36 bits per heavy atom. The van der Waals surface area contributed by atoms with E-state index in [-0.39, 0.29) is 11.7 Å². The normalized spacial score (nSPS) is 11.6. The van der Waals surface area contributed by atoms with Gasteiger partial charge in [0.15, 0.2) is 17.4 Å². The summed E-state index contributed by atoms with van der Waals surface area (Å²) in [4.78, 5) is 15.7. The van der Waals surface area contributed by atoms with Gasteiger partial charge in [-0.1, -0.05) is 0 Å². The zero-order chi connectivity index (χ0) is 16.1. The zero-order valence-corrected chi connectivity index (χ0v) is 12.1. The maximum absolute atomic E-state index is 13.5. The number of carbonyl (C=O) groups is 1. The van der Waals surface area contributed by atoms with Crippen molar-refractivity contribution in [3.63, 3.8) is 0 Å². The average Bonchev–Trinajstić information content (AvgIpc) is 2.47. The molecule has 1 atom stereocenters. The van der Waals surface area contributed by atoms with Crippen molar-refractivity contribution >= 4 is 11.7 Å². The molecule has 7 heteroatoms. The third-order valence-electron chi connectivity index (χ3n) is 3.01. The molecule has 0 aliphatic carbocycles. The number of ether oxygens (including phenoxy) is 1. The lowest BCUT2D eigenvalue weighted by molar-refractivity contribution is 0.249. The summed E-state index contributed by atoms with van der Waals surface area (Å²) in [7, 11) is 1.16. The number of urea groups is 1. The molecule has 0 bridgehead atoms. The number of carbonyl (C=O) groups excluding carboxylic acids is 1. The smallest absolute Gasteiger partial charge is 0.319 e. The van der Waals surface area contributed by atoms with E-state index >= 15 is 0 Å². The van der Waals surface area contributed by atoms with Crippen LogP contribution in [0.15, 0.2) is 36.7 Å². The van der Waals surface area contributed by atoms with Crippen LogP contribution in [0.4, 0.5) is 19.3 Å². The van der Waals surface area contributed by atoms with Gasteiger partial charge in [-0.15, -0.1) is 0 Å². The minimum Gasteiger partial charge on any atom is -0.491 e. The fourth-order valence-electron chi connectivity index (χ4n) is 1.93. The predicted octanol–water partition coefficient (Wildman–Crippen LogP) is 3.25. The van der Waals surface area contributed by atoms with Gasteiger partial charge < -0.3 is 15.4 Å². The number of amides is 2. The van der Waals surface area contributed by atoms with E-state index in [0.29, 0.717) is 0 Å². The first kappa shape index (κ1) is 15.7. The number of nitrogens with zero attached hydrogens (tertiary/aromatic N) is 1. The number of halogens is 2. The first-order valence-electron chi connectivity index (χ1n) is 6.51. The molecule has 2 N–H and O–H groups in total. The highest BCUT2D eigenvalue weighted by Crippen LogP contribution is 2.25. The molecule has 0 aliphatic heterocycles. The summed E-state index contributed by atoms with van der Waals surface area (Å²) in [6, 6.07) is 4.64. The summed E-state index contributed by atoms with van der Waals surface area (Å²) in [5, 5.41) is 5.03. The van der Waals surface area contributed by atoms with Crippen molar-refractivity contribution in [1.82, 2.24) is 10.3 Å². The minimum atomic E-state index is -0.889. The van der Waals surface area contributed by atoms with Gasteiger partial charge in [0.25, 0.3) is 0 Å². The summed E-state index contributed by atoms with van der Waals surface area (Å²) in [6.45, 7) is 1.78. The molecule has 2 rings (SSSR count). The molecule has 2 amide bonds. The molecule has 0 saturated heterocycles. The third-order valence-corrected chi connectivity index (χ3v) is 3.01. The number of methoxy groups -OCH3 is 1. The minimum absolute atomic E-state index is 0.00442. The highest BCUT2D eigenvalue weighted by molar-refractivity contribution is 5.89. The van der Waals surface area contributed by atoms with Gasteiger partial charge in [0.05, 0.1) is 13.2 Å². The van der Waals surface area contributed by atoms with Crippen LogP contribution in [0.25, 0.3) is 0 Å². The number of nitrogens with one attached hydrogen (secondary N) is 2. The van der Waals surface area contributed by atoms with Crippen molar-refractivity contribution < 1.29 is 18.3 Å². The topological polar surface area (TPSA) is 63.2 Å². The Labute approximate surface area is 126 Å². The summed E-state index contributed by atoms with van der Waals surface area (Å²) < 4.78 is 31.7. The van der Waals surface area contributed by atoms with Crippen LogP contribution in [-0.4, -0.2) is 18.1 Å². The molecule has 2 aromatic rings. The fraction of sp³-hybridized carbons (Fsp3) is 0.200. The van der Waals surface area contributed by atoms with E-state index in [1.165, 1.54) is 0 Å². The highest BCUT2D eigenvalue weighted by atomic mass is 19.1. The molecule has 0 saturated carbocycles. The van der Waals surface area contributed by atoms with Gasteiger partial charge in [-0.05, 0) is 24.6 Å². The van der Waals surface area contributed by atoms with Crippen LogP contribution >= 0.6 is 0 Å². The first-order chi connectivity index (χ1) is 10.5. The summed E-state index contributed by atoms with van der Waals surface area (Å²) in [5.41, 5.74) is 0.854. The molecule has 0 aliphatic rings. The van der Waals surface area contributed by atoms with Crippen molar-refractivity contribution in [2.45, 2.75) is 13.0 Å². The Hall–Kier alpha value is -2.70. The van der Waals surface area contributed by atoms with E-state index in [4.69, 9.17) is 0 Å². The number of benzene rings is 1. The molecule has 0 radical (unpaired) electrons. The SMILES string of the molecule is COc1c(F)cc(NC(=O)NC(C)c2ccncc2)cc1F. The molecular weight excluding hydrogens is 292 g/mol. The predicted molar refractivity (Wildman–Crippen MR) is 77.7 cm³/mol. The van der Waals surface area contributed by atoms with E-state index in [9.17, 15) is 13.6 Å². The number of pyridine rings is 1. The number of hydrogen-bond acceptors (Lipinski definition) is 3. The standard InChI is InChI=1S/C15H15F2N3O2/c1-9(10-3-5-18-6-4-10)19-15(21)20-11-7-12(16)14(22-2)13(17)8-11/h3-9H,1-2H3,(H2,19,20,21). The van der Waals surface area contributed by atoms with Gasteiger partial charge in [-0.25, -0.2) is 13.6 Å². The van der Waals surface area contributed by atoms with E-state index < -0.39 is 23.4 Å². The number of anilines is 1. The van der Waals surface area contributed by atoms with Gasteiger partial charge in [0.1, 0.15) is 0 Å².